The Bertz CT molecular complexity index is 652. The molecule has 0 saturated heterocycles. The van der Waals surface area contributed by atoms with Gasteiger partial charge >= 0.3 is 5.97 Å². The van der Waals surface area contributed by atoms with Crippen LogP contribution in [0.3, 0.4) is 0 Å². The number of esters is 1. The van der Waals surface area contributed by atoms with E-state index < -0.39 is 5.97 Å². The Kier molecular flexibility index (Phi) is 4.25. The third-order valence-electron chi connectivity index (χ3n) is 2.74. The van der Waals surface area contributed by atoms with Crippen molar-refractivity contribution in [3.8, 4) is 6.07 Å². The second-order valence-electron chi connectivity index (χ2n) is 4.12. The van der Waals surface area contributed by atoms with Crippen LogP contribution in [0.2, 0.25) is 0 Å². The van der Waals surface area contributed by atoms with Gasteiger partial charge in [-0.05, 0) is 29.8 Å². The van der Waals surface area contributed by atoms with Gasteiger partial charge in [0.2, 0.25) is 0 Å². The summed E-state index contributed by atoms with van der Waals surface area (Å²) in [4.78, 5) is 22.3. The summed E-state index contributed by atoms with van der Waals surface area (Å²) in [5.74, 6) is -0.452. The van der Waals surface area contributed by atoms with E-state index in [1.165, 1.54) is 0 Å². The van der Waals surface area contributed by atoms with Gasteiger partial charge in [0.25, 0.3) is 0 Å². The van der Waals surface area contributed by atoms with Crippen LogP contribution in [-0.2, 0) is 11.3 Å². The molecule has 0 aliphatic carbocycles. The quantitative estimate of drug-likeness (QED) is 0.629. The SMILES string of the molecule is N#Cc1ccc(COC(=O)c2ccc(C=O)cc2)cc1. The van der Waals surface area contributed by atoms with Gasteiger partial charge < -0.3 is 4.74 Å². The van der Waals surface area contributed by atoms with Crippen molar-refractivity contribution in [3.05, 3.63) is 70.8 Å². The smallest absolute Gasteiger partial charge is 0.338 e. The van der Waals surface area contributed by atoms with Gasteiger partial charge in [-0.25, -0.2) is 4.79 Å². The largest absolute Gasteiger partial charge is 0.457 e. The van der Waals surface area contributed by atoms with Crippen molar-refractivity contribution in [1.82, 2.24) is 0 Å². The zero-order chi connectivity index (χ0) is 14.4. The molecule has 98 valence electrons. The van der Waals surface area contributed by atoms with E-state index in [2.05, 4.69) is 0 Å². The summed E-state index contributed by atoms with van der Waals surface area (Å²) in [5, 5.41) is 8.68. The number of carbonyl (C=O) groups excluding carboxylic acids is 2. The average molecular weight is 265 g/mol. The minimum absolute atomic E-state index is 0.139. The minimum atomic E-state index is -0.452. The molecule has 0 amide bonds. The maximum Gasteiger partial charge on any atom is 0.338 e. The van der Waals surface area contributed by atoms with Crippen LogP contribution < -0.4 is 0 Å². The molecular weight excluding hydrogens is 254 g/mol. The van der Waals surface area contributed by atoms with E-state index >= 15 is 0 Å². The Balaban J connectivity index is 1.97. The number of nitriles is 1. The molecule has 0 bridgehead atoms. The Morgan fingerprint density at radius 1 is 1.10 bits per heavy atom. The lowest BCUT2D eigenvalue weighted by molar-refractivity contribution is 0.0472. The molecule has 0 fully saturated rings. The molecule has 0 radical (unpaired) electrons. The van der Waals surface area contributed by atoms with Crippen molar-refractivity contribution in [1.29, 1.82) is 5.26 Å². The molecule has 0 spiro atoms. The highest BCUT2D eigenvalue weighted by Crippen LogP contribution is 2.08. The molecule has 2 aromatic rings. The van der Waals surface area contributed by atoms with Crippen molar-refractivity contribution in [2.45, 2.75) is 6.61 Å². The molecule has 0 saturated carbocycles. The maximum absolute atomic E-state index is 11.8. The van der Waals surface area contributed by atoms with Crippen LogP contribution in [0.5, 0.6) is 0 Å². The fourth-order valence-electron chi connectivity index (χ4n) is 1.61. The number of carbonyl (C=O) groups is 2. The van der Waals surface area contributed by atoms with E-state index in [0.717, 1.165) is 5.56 Å². The molecule has 2 rings (SSSR count). The Morgan fingerprint density at radius 2 is 1.75 bits per heavy atom. The van der Waals surface area contributed by atoms with Gasteiger partial charge in [0, 0.05) is 5.56 Å². The van der Waals surface area contributed by atoms with Crippen LogP contribution >= 0.6 is 0 Å². The molecular formula is C16H11NO3. The minimum Gasteiger partial charge on any atom is -0.457 e. The second-order valence-corrected chi connectivity index (χ2v) is 4.12. The van der Waals surface area contributed by atoms with Gasteiger partial charge in [-0.2, -0.15) is 5.26 Å². The van der Waals surface area contributed by atoms with E-state index in [4.69, 9.17) is 10.00 Å². The van der Waals surface area contributed by atoms with Crippen molar-refractivity contribution in [3.63, 3.8) is 0 Å². The summed E-state index contributed by atoms with van der Waals surface area (Å²) in [5.41, 5.74) is 2.27. The van der Waals surface area contributed by atoms with Crippen LogP contribution in [0.1, 0.15) is 31.8 Å². The third-order valence-corrected chi connectivity index (χ3v) is 2.74. The third kappa shape index (κ3) is 3.30. The molecule has 0 aromatic heterocycles. The summed E-state index contributed by atoms with van der Waals surface area (Å²) < 4.78 is 5.15. The first-order valence-corrected chi connectivity index (χ1v) is 5.94. The number of nitrogens with zero attached hydrogens (tertiary/aromatic N) is 1. The molecule has 0 heterocycles. The predicted molar refractivity (Wildman–Crippen MR) is 72.1 cm³/mol. The van der Waals surface area contributed by atoms with Crippen molar-refractivity contribution in [2.75, 3.05) is 0 Å². The van der Waals surface area contributed by atoms with E-state index in [-0.39, 0.29) is 6.61 Å². The Labute approximate surface area is 116 Å². The average Bonchev–Trinajstić information content (AvgIpc) is 2.53. The first kappa shape index (κ1) is 13.5. The second kappa shape index (κ2) is 6.30. The van der Waals surface area contributed by atoms with Crippen LogP contribution in [0.15, 0.2) is 48.5 Å². The monoisotopic (exact) mass is 265 g/mol. The molecule has 4 heteroatoms. The van der Waals surface area contributed by atoms with Crippen molar-refractivity contribution >= 4 is 12.3 Å². The highest BCUT2D eigenvalue weighted by molar-refractivity contribution is 5.90. The van der Waals surface area contributed by atoms with Gasteiger partial charge in [-0.3, -0.25) is 4.79 Å². The van der Waals surface area contributed by atoms with E-state index in [9.17, 15) is 9.59 Å². The molecule has 0 aliphatic heterocycles. The highest BCUT2D eigenvalue weighted by Gasteiger charge is 2.07. The normalized spacial score (nSPS) is 9.55. The number of hydrogen-bond acceptors (Lipinski definition) is 4. The fourth-order valence-corrected chi connectivity index (χ4v) is 1.61. The lowest BCUT2D eigenvalue weighted by atomic mass is 10.1. The van der Waals surface area contributed by atoms with Crippen LogP contribution in [0.4, 0.5) is 0 Å². The zero-order valence-corrected chi connectivity index (χ0v) is 10.6. The van der Waals surface area contributed by atoms with Crippen LogP contribution in [0.25, 0.3) is 0 Å². The Hall–Kier alpha value is -2.93. The summed E-state index contributed by atoms with van der Waals surface area (Å²) >= 11 is 0. The topological polar surface area (TPSA) is 67.2 Å². The van der Waals surface area contributed by atoms with E-state index in [0.29, 0.717) is 23.0 Å². The van der Waals surface area contributed by atoms with Crippen molar-refractivity contribution < 1.29 is 14.3 Å². The first-order chi connectivity index (χ1) is 9.72. The molecule has 4 nitrogen and oxygen atoms in total. The molecule has 0 N–H and O–H groups in total. The fraction of sp³-hybridized carbons (Fsp3) is 0.0625. The first-order valence-electron chi connectivity index (χ1n) is 5.94. The number of benzene rings is 2. The molecule has 2 aromatic carbocycles. The zero-order valence-electron chi connectivity index (χ0n) is 10.6. The molecule has 0 atom stereocenters. The molecule has 20 heavy (non-hydrogen) atoms. The van der Waals surface area contributed by atoms with E-state index in [1.807, 2.05) is 6.07 Å². The number of aldehydes is 1. The summed E-state index contributed by atoms with van der Waals surface area (Å²) in [7, 11) is 0. The summed E-state index contributed by atoms with van der Waals surface area (Å²) in [6, 6.07) is 15.0. The maximum atomic E-state index is 11.8. The number of hydrogen-bond donors (Lipinski definition) is 0. The van der Waals surface area contributed by atoms with Crippen LogP contribution in [0, 0.1) is 11.3 Å². The predicted octanol–water partition coefficient (Wildman–Crippen LogP) is 2.73. The van der Waals surface area contributed by atoms with Gasteiger partial charge in [0.05, 0.1) is 17.2 Å². The number of ether oxygens (including phenoxy) is 1. The molecule has 0 unspecified atom stereocenters. The standard InChI is InChI=1S/C16H11NO3/c17-9-12-1-3-14(4-2-12)11-20-16(19)15-7-5-13(10-18)6-8-15/h1-8,10H,11H2. The highest BCUT2D eigenvalue weighted by atomic mass is 16.5. The van der Waals surface area contributed by atoms with Gasteiger partial charge in [-0.15, -0.1) is 0 Å². The van der Waals surface area contributed by atoms with Gasteiger partial charge in [-0.1, -0.05) is 24.3 Å². The lowest BCUT2D eigenvalue weighted by Crippen LogP contribution is -2.05. The van der Waals surface area contributed by atoms with Gasteiger partial charge in [0.1, 0.15) is 12.9 Å². The number of rotatable bonds is 4. The van der Waals surface area contributed by atoms with Crippen LogP contribution in [-0.4, -0.2) is 12.3 Å². The van der Waals surface area contributed by atoms with Gasteiger partial charge in [0.15, 0.2) is 0 Å². The summed E-state index contributed by atoms with van der Waals surface area (Å²) in [6.07, 6.45) is 0.714. The Morgan fingerprint density at radius 3 is 2.30 bits per heavy atom. The summed E-state index contributed by atoms with van der Waals surface area (Å²) in [6.45, 7) is 0.139. The van der Waals surface area contributed by atoms with Crippen molar-refractivity contribution in [2.24, 2.45) is 0 Å². The molecule has 0 aliphatic rings. The lowest BCUT2D eigenvalue weighted by Gasteiger charge is -2.05. The van der Waals surface area contributed by atoms with E-state index in [1.54, 1.807) is 48.5 Å².